The Bertz CT molecular complexity index is 664. The summed E-state index contributed by atoms with van der Waals surface area (Å²) in [5.41, 5.74) is 0.784. The van der Waals surface area contributed by atoms with Gasteiger partial charge in [-0.2, -0.15) is 4.31 Å². The number of rotatable bonds is 4. The van der Waals surface area contributed by atoms with Crippen molar-refractivity contribution in [3.05, 3.63) is 24.3 Å². The van der Waals surface area contributed by atoms with Crippen molar-refractivity contribution in [3.8, 4) is 0 Å². The standard InChI is InChI=1S/C16H23N3O3S2/c20-24(21,19-9-11-22-12-10-19)15-7-5-14(6-8-15)18-16(23)17-13-3-1-2-4-13/h5-8,13H,1-4,9-12H2,(H2,17,18,23). The van der Waals surface area contributed by atoms with Gasteiger partial charge in [0, 0.05) is 24.8 Å². The Morgan fingerprint density at radius 1 is 1.12 bits per heavy atom. The number of hydrogen-bond acceptors (Lipinski definition) is 4. The van der Waals surface area contributed by atoms with E-state index in [2.05, 4.69) is 10.6 Å². The normalized spacial score (nSPS) is 20.0. The van der Waals surface area contributed by atoms with E-state index >= 15 is 0 Å². The van der Waals surface area contributed by atoms with Crippen molar-refractivity contribution >= 4 is 33.0 Å². The molecule has 132 valence electrons. The summed E-state index contributed by atoms with van der Waals surface area (Å²) < 4.78 is 31.8. The third-order valence-electron chi connectivity index (χ3n) is 4.41. The molecule has 0 unspecified atom stereocenters. The lowest BCUT2D eigenvalue weighted by atomic mass is 10.2. The molecule has 0 atom stereocenters. The molecular formula is C16H23N3O3S2. The van der Waals surface area contributed by atoms with Crippen LogP contribution in [0.4, 0.5) is 5.69 Å². The maximum Gasteiger partial charge on any atom is 0.243 e. The van der Waals surface area contributed by atoms with Gasteiger partial charge in [0.2, 0.25) is 10.0 Å². The fourth-order valence-electron chi connectivity index (χ4n) is 3.07. The summed E-state index contributed by atoms with van der Waals surface area (Å²) in [7, 11) is -3.45. The largest absolute Gasteiger partial charge is 0.379 e. The van der Waals surface area contributed by atoms with Crippen LogP contribution in [0.3, 0.4) is 0 Å². The van der Waals surface area contributed by atoms with Gasteiger partial charge in [0.25, 0.3) is 0 Å². The monoisotopic (exact) mass is 369 g/mol. The fraction of sp³-hybridized carbons (Fsp3) is 0.562. The number of hydrogen-bond donors (Lipinski definition) is 2. The van der Waals surface area contributed by atoms with Gasteiger partial charge in [0.1, 0.15) is 0 Å². The van der Waals surface area contributed by atoms with E-state index in [9.17, 15) is 8.42 Å². The molecule has 0 aromatic heterocycles. The fourth-order valence-corrected chi connectivity index (χ4v) is 4.76. The zero-order valence-corrected chi connectivity index (χ0v) is 15.2. The first-order valence-corrected chi connectivity index (χ1v) is 10.2. The first kappa shape index (κ1) is 17.6. The molecule has 1 aromatic rings. The third-order valence-corrected chi connectivity index (χ3v) is 6.54. The number of nitrogens with zero attached hydrogens (tertiary/aromatic N) is 1. The first-order chi connectivity index (χ1) is 11.6. The highest BCUT2D eigenvalue weighted by atomic mass is 32.2. The Labute approximate surface area is 148 Å². The minimum absolute atomic E-state index is 0.296. The van der Waals surface area contributed by atoms with Crippen LogP contribution in [-0.2, 0) is 14.8 Å². The van der Waals surface area contributed by atoms with Crippen molar-refractivity contribution in [1.82, 2.24) is 9.62 Å². The molecule has 2 aliphatic rings. The van der Waals surface area contributed by atoms with Gasteiger partial charge in [0.05, 0.1) is 18.1 Å². The quantitative estimate of drug-likeness (QED) is 0.791. The lowest BCUT2D eigenvalue weighted by Crippen LogP contribution is -2.40. The highest BCUT2D eigenvalue weighted by molar-refractivity contribution is 7.89. The average molecular weight is 370 g/mol. The van der Waals surface area contributed by atoms with Crippen molar-refractivity contribution in [2.24, 2.45) is 0 Å². The zero-order valence-electron chi connectivity index (χ0n) is 13.5. The smallest absolute Gasteiger partial charge is 0.243 e. The van der Waals surface area contributed by atoms with Crippen LogP contribution in [-0.4, -0.2) is 50.2 Å². The topological polar surface area (TPSA) is 70.7 Å². The van der Waals surface area contributed by atoms with Crippen LogP contribution < -0.4 is 10.6 Å². The Kier molecular flexibility index (Phi) is 5.70. The average Bonchev–Trinajstić information content (AvgIpc) is 3.09. The molecule has 24 heavy (non-hydrogen) atoms. The van der Waals surface area contributed by atoms with E-state index in [-0.39, 0.29) is 0 Å². The number of thiocarbonyl (C=S) groups is 1. The van der Waals surface area contributed by atoms with Gasteiger partial charge in [-0.05, 0) is 49.3 Å². The summed E-state index contributed by atoms with van der Waals surface area (Å²) >= 11 is 5.32. The minimum atomic E-state index is -3.45. The lowest BCUT2D eigenvalue weighted by Gasteiger charge is -2.26. The van der Waals surface area contributed by atoms with Crippen LogP contribution in [0.1, 0.15) is 25.7 Å². The molecule has 0 amide bonds. The maximum absolute atomic E-state index is 12.6. The van der Waals surface area contributed by atoms with Gasteiger partial charge >= 0.3 is 0 Å². The summed E-state index contributed by atoms with van der Waals surface area (Å²) in [6.45, 7) is 1.69. The predicted molar refractivity (Wildman–Crippen MR) is 97.6 cm³/mol. The number of anilines is 1. The summed E-state index contributed by atoms with van der Waals surface area (Å²) in [5, 5.41) is 7.01. The highest BCUT2D eigenvalue weighted by Gasteiger charge is 2.26. The molecule has 8 heteroatoms. The van der Waals surface area contributed by atoms with Crippen LogP contribution in [0.5, 0.6) is 0 Å². The molecule has 2 fully saturated rings. The molecule has 3 rings (SSSR count). The van der Waals surface area contributed by atoms with Crippen LogP contribution in [0.2, 0.25) is 0 Å². The molecule has 1 saturated heterocycles. The SMILES string of the molecule is O=S(=O)(c1ccc(NC(=S)NC2CCCC2)cc1)N1CCOCC1. The first-order valence-electron chi connectivity index (χ1n) is 8.31. The number of benzene rings is 1. The lowest BCUT2D eigenvalue weighted by molar-refractivity contribution is 0.0730. The van der Waals surface area contributed by atoms with Crippen molar-refractivity contribution in [2.45, 2.75) is 36.6 Å². The predicted octanol–water partition coefficient (Wildman–Crippen LogP) is 1.94. The highest BCUT2D eigenvalue weighted by Crippen LogP contribution is 2.20. The van der Waals surface area contributed by atoms with E-state index in [0.717, 1.165) is 18.5 Å². The van der Waals surface area contributed by atoms with Crippen molar-refractivity contribution in [2.75, 3.05) is 31.6 Å². The second-order valence-corrected chi connectivity index (χ2v) is 8.47. The Morgan fingerprint density at radius 3 is 2.38 bits per heavy atom. The molecule has 1 heterocycles. The van der Waals surface area contributed by atoms with Crippen molar-refractivity contribution in [3.63, 3.8) is 0 Å². The third kappa shape index (κ3) is 4.24. The molecule has 2 N–H and O–H groups in total. The van der Waals surface area contributed by atoms with E-state index in [0.29, 0.717) is 42.4 Å². The zero-order chi connectivity index (χ0) is 17.0. The second kappa shape index (κ2) is 7.77. The number of nitrogens with one attached hydrogen (secondary N) is 2. The van der Waals surface area contributed by atoms with E-state index in [1.165, 1.54) is 17.1 Å². The molecule has 1 aliphatic heterocycles. The van der Waals surface area contributed by atoms with Crippen molar-refractivity contribution in [1.29, 1.82) is 0 Å². The molecule has 6 nitrogen and oxygen atoms in total. The summed E-state index contributed by atoms with van der Waals surface area (Å²) in [6, 6.07) is 7.17. The van der Waals surface area contributed by atoms with Gasteiger partial charge in [-0.3, -0.25) is 0 Å². The summed E-state index contributed by atoms with van der Waals surface area (Å²) in [6.07, 6.45) is 4.79. The summed E-state index contributed by atoms with van der Waals surface area (Å²) in [4.78, 5) is 0.296. The van der Waals surface area contributed by atoms with Gasteiger partial charge in [-0.1, -0.05) is 12.8 Å². The van der Waals surface area contributed by atoms with Crippen molar-refractivity contribution < 1.29 is 13.2 Å². The minimum Gasteiger partial charge on any atom is -0.379 e. The second-order valence-electron chi connectivity index (χ2n) is 6.12. The van der Waals surface area contributed by atoms with Gasteiger partial charge in [0.15, 0.2) is 5.11 Å². The Morgan fingerprint density at radius 2 is 1.75 bits per heavy atom. The van der Waals surface area contributed by atoms with Gasteiger partial charge in [-0.15, -0.1) is 0 Å². The number of morpholine rings is 1. The maximum atomic E-state index is 12.6. The van der Waals surface area contributed by atoms with E-state index in [1.807, 2.05) is 0 Å². The molecule has 1 aliphatic carbocycles. The van der Waals surface area contributed by atoms with E-state index in [1.54, 1.807) is 24.3 Å². The Balaban J connectivity index is 1.61. The van der Waals surface area contributed by atoms with E-state index in [4.69, 9.17) is 17.0 Å². The molecular weight excluding hydrogens is 346 g/mol. The van der Waals surface area contributed by atoms with Crippen LogP contribution in [0.15, 0.2) is 29.2 Å². The van der Waals surface area contributed by atoms with Crippen LogP contribution >= 0.6 is 12.2 Å². The van der Waals surface area contributed by atoms with E-state index < -0.39 is 10.0 Å². The molecule has 0 spiro atoms. The number of ether oxygens (including phenoxy) is 1. The van der Waals surface area contributed by atoms with Gasteiger partial charge in [-0.25, -0.2) is 8.42 Å². The molecule has 0 radical (unpaired) electrons. The van der Waals surface area contributed by atoms with Crippen LogP contribution in [0, 0.1) is 0 Å². The van der Waals surface area contributed by atoms with Crippen LogP contribution in [0.25, 0.3) is 0 Å². The summed E-state index contributed by atoms with van der Waals surface area (Å²) in [5.74, 6) is 0. The molecule has 0 bridgehead atoms. The number of sulfonamides is 1. The Hall–Kier alpha value is -1.22. The van der Waals surface area contributed by atoms with Gasteiger partial charge < -0.3 is 15.4 Å². The molecule has 1 saturated carbocycles. The molecule has 1 aromatic carbocycles.